The summed E-state index contributed by atoms with van der Waals surface area (Å²) in [6.45, 7) is 8.56. The van der Waals surface area contributed by atoms with Crippen LogP contribution in [0.5, 0.6) is 0 Å². The maximum atomic E-state index is 12.0. The third kappa shape index (κ3) is 6.24. The normalized spacial score (nSPS) is 44.5. The van der Waals surface area contributed by atoms with Crippen LogP contribution >= 0.6 is 0 Å². The molecule has 0 amide bonds. The van der Waals surface area contributed by atoms with Crippen molar-refractivity contribution < 1.29 is 54.4 Å². The maximum absolute atomic E-state index is 12.0. The Balaban J connectivity index is 1.76. The number of aliphatic hydroxyl groups excluding tert-OH is 6. The van der Waals surface area contributed by atoms with Gasteiger partial charge in [-0.25, -0.2) is 0 Å². The molecule has 2 fully saturated rings. The van der Waals surface area contributed by atoms with E-state index in [0.29, 0.717) is 6.42 Å². The molecule has 2 heterocycles. The van der Waals surface area contributed by atoms with Gasteiger partial charge >= 0.3 is 0 Å². The van der Waals surface area contributed by atoms with E-state index in [2.05, 4.69) is 0 Å². The van der Waals surface area contributed by atoms with Crippen LogP contribution in [0, 0.1) is 11.3 Å². The monoisotopic (exact) mass is 516 g/mol. The fourth-order valence-electron chi connectivity index (χ4n) is 5.10. The van der Waals surface area contributed by atoms with Gasteiger partial charge in [-0.3, -0.25) is 4.79 Å². The summed E-state index contributed by atoms with van der Waals surface area (Å²) in [5.41, 5.74) is 0.657. The highest BCUT2D eigenvalue weighted by Crippen LogP contribution is 2.40. The van der Waals surface area contributed by atoms with Gasteiger partial charge in [0.1, 0.15) is 42.7 Å². The zero-order chi connectivity index (χ0) is 26.9. The SMILES string of the molecule is CC1=CC(=O)CC(C)(C)[C@@H]1/C=C/[C@H](C)O[C@@H]1O[C@H](CO)[C@@H](O)[C@H](O)[C@H]1O[C@@H]1O[C@@H](C)[C@H](O)[C@@H](O)[C@@H]1O. The molecule has 0 radical (unpaired) electrons. The lowest BCUT2D eigenvalue weighted by Gasteiger charge is -2.46. The second-order valence-corrected chi connectivity index (χ2v) is 10.7. The zero-order valence-corrected chi connectivity index (χ0v) is 21.3. The Hall–Kier alpha value is -1.25. The summed E-state index contributed by atoms with van der Waals surface area (Å²) < 4.78 is 22.8. The van der Waals surface area contributed by atoms with Crippen molar-refractivity contribution in [3.8, 4) is 0 Å². The molecule has 0 spiro atoms. The number of ketones is 1. The van der Waals surface area contributed by atoms with Crippen molar-refractivity contribution in [1.82, 2.24) is 0 Å². The number of ether oxygens (including phenoxy) is 4. The Kier molecular flexibility index (Phi) is 9.48. The molecule has 3 aliphatic rings. The highest BCUT2D eigenvalue weighted by atomic mass is 16.8. The summed E-state index contributed by atoms with van der Waals surface area (Å²) in [6, 6.07) is 0. The van der Waals surface area contributed by atoms with Crippen LogP contribution in [0.4, 0.5) is 0 Å². The topological polar surface area (TPSA) is 175 Å². The second-order valence-electron chi connectivity index (χ2n) is 10.7. The number of rotatable bonds is 7. The molecule has 0 aromatic rings. The van der Waals surface area contributed by atoms with Gasteiger partial charge in [-0.2, -0.15) is 0 Å². The van der Waals surface area contributed by atoms with E-state index < -0.39 is 74.1 Å². The summed E-state index contributed by atoms with van der Waals surface area (Å²) in [5, 5.41) is 61.0. The van der Waals surface area contributed by atoms with E-state index in [-0.39, 0.29) is 17.1 Å². The van der Waals surface area contributed by atoms with Crippen LogP contribution in [-0.2, 0) is 23.7 Å². The van der Waals surface area contributed by atoms with Crippen molar-refractivity contribution >= 4 is 5.78 Å². The maximum Gasteiger partial charge on any atom is 0.187 e. The fourth-order valence-corrected chi connectivity index (χ4v) is 5.10. The van der Waals surface area contributed by atoms with Gasteiger partial charge in [-0.15, -0.1) is 0 Å². The van der Waals surface area contributed by atoms with Gasteiger partial charge in [-0.1, -0.05) is 31.6 Å². The largest absolute Gasteiger partial charge is 0.394 e. The minimum Gasteiger partial charge on any atom is -0.394 e. The van der Waals surface area contributed by atoms with Crippen molar-refractivity contribution in [2.24, 2.45) is 11.3 Å². The molecular formula is C25H40O11. The van der Waals surface area contributed by atoms with E-state index in [0.717, 1.165) is 5.57 Å². The van der Waals surface area contributed by atoms with Crippen molar-refractivity contribution in [1.29, 1.82) is 0 Å². The van der Waals surface area contributed by atoms with Crippen molar-refractivity contribution in [2.45, 2.75) is 109 Å². The predicted octanol–water partition coefficient (Wildman–Crippen LogP) is -0.839. The first kappa shape index (κ1) is 29.3. The molecule has 11 heteroatoms. The Bertz CT molecular complexity index is 827. The average molecular weight is 517 g/mol. The van der Waals surface area contributed by atoms with Crippen molar-refractivity contribution in [3.05, 3.63) is 23.8 Å². The van der Waals surface area contributed by atoms with E-state index >= 15 is 0 Å². The summed E-state index contributed by atoms with van der Waals surface area (Å²) in [6.07, 6.45) is -8.55. The number of allylic oxidation sites excluding steroid dienone is 3. The summed E-state index contributed by atoms with van der Waals surface area (Å²) >= 11 is 0. The van der Waals surface area contributed by atoms with Gasteiger partial charge in [0.15, 0.2) is 18.4 Å². The summed E-state index contributed by atoms with van der Waals surface area (Å²) in [4.78, 5) is 12.0. The molecule has 11 nitrogen and oxygen atoms in total. The molecule has 12 atom stereocenters. The second kappa shape index (κ2) is 11.6. The number of hydrogen-bond donors (Lipinski definition) is 6. The van der Waals surface area contributed by atoms with Crippen LogP contribution in [0.1, 0.15) is 41.0 Å². The van der Waals surface area contributed by atoms with Gasteiger partial charge in [0.2, 0.25) is 0 Å². The molecule has 206 valence electrons. The predicted molar refractivity (Wildman–Crippen MR) is 125 cm³/mol. The molecule has 1 aliphatic carbocycles. The minimum absolute atomic E-state index is 0.00152. The molecule has 0 aromatic carbocycles. The van der Waals surface area contributed by atoms with Gasteiger partial charge in [0.25, 0.3) is 0 Å². The Morgan fingerprint density at radius 1 is 1.06 bits per heavy atom. The molecule has 0 bridgehead atoms. The average Bonchev–Trinajstić information content (AvgIpc) is 2.79. The molecule has 36 heavy (non-hydrogen) atoms. The molecule has 0 aromatic heterocycles. The first-order valence-electron chi connectivity index (χ1n) is 12.3. The van der Waals surface area contributed by atoms with Crippen LogP contribution < -0.4 is 0 Å². The lowest BCUT2D eigenvalue weighted by molar-refractivity contribution is -0.367. The number of hydrogen-bond acceptors (Lipinski definition) is 11. The first-order valence-corrected chi connectivity index (χ1v) is 12.3. The van der Waals surface area contributed by atoms with E-state index in [1.165, 1.54) is 6.92 Å². The quantitative estimate of drug-likeness (QED) is 0.233. The lowest BCUT2D eigenvalue weighted by atomic mass is 9.68. The molecule has 0 saturated carbocycles. The van der Waals surface area contributed by atoms with Gasteiger partial charge in [0, 0.05) is 12.3 Å². The van der Waals surface area contributed by atoms with Crippen LogP contribution in [0.15, 0.2) is 23.8 Å². The molecule has 3 rings (SSSR count). The molecule has 0 unspecified atom stereocenters. The van der Waals surface area contributed by atoms with Crippen LogP contribution in [0.2, 0.25) is 0 Å². The van der Waals surface area contributed by atoms with Crippen LogP contribution in [0.3, 0.4) is 0 Å². The first-order chi connectivity index (χ1) is 16.8. The Labute approximate surface area is 210 Å². The zero-order valence-electron chi connectivity index (χ0n) is 21.3. The van der Waals surface area contributed by atoms with Gasteiger partial charge in [-0.05, 0) is 32.3 Å². The number of carbonyl (C=O) groups excluding carboxylic acids is 1. The van der Waals surface area contributed by atoms with E-state index in [1.54, 1.807) is 19.1 Å². The van der Waals surface area contributed by atoms with Gasteiger partial charge in [0.05, 0.1) is 18.8 Å². The number of aliphatic hydroxyl groups is 6. The van der Waals surface area contributed by atoms with Crippen molar-refractivity contribution in [3.63, 3.8) is 0 Å². The summed E-state index contributed by atoms with van der Waals surface area (Å²) in [5.74, 6) is 0.0853. The third-order valence-electron chi connectivity index (χ3n) is 7.20. The lowest BCUT2D eigenvalue weighted by Crippen LogP contribution is -2.64. The Morgan fingerprint density at radius 3 is 2.33 bits per heavy atom. The Morgan fingerprint density at radius 2 is 1.72 bits per heavy atom. The van der Waals surface area contributed by atoms with Gasteiger partial charge < -0.3 is 49.6 Å². The van der Waals surface area contributed by atoms with E-state index in [9.17, 15) is 35.4 Å². The smallest absolute Gasteiger partial charge is 0.187 e. The van der Waals surface area contributed by atoms with E-state index in [1.807, 2.05) is 26.8 Å². The third-order valence-corrected chi connectivity index (χ3v) is 7.20. The highest BCUT2D eigenvalue weighted by molar-refractivity contribution is 5.92. The molecular weight excluding hydrogens is 476 g/mol. The van der Waals surface area contributed by atoms with Crippen LogP contribution in [-0.4, -0.2) is 111 Å². The molecule has 6 N–H and O–H groups in total. The minimum atomic E-state index is -1.64. The van der Waals surface area contributed by atoms with Crippen molar-refractivity contribution in [2.75, 3.05) is 6.61 Å². The standard InChI is InChI=1S/C25H40O11/c1-11-8-14(27)9-25(4,5)15(11)7-6-12(2)33-24-22(20(31)18(29)16(10-26)35-24)36-23-21(32)19(30)17(28)13(3)34-23/h6-8,12-13,15-24,26,28-32H,9-10H2,1-5H3/b7-6+/t12-,13-,15+,16+,17-,18+,19+,20-,21-,22+,23-,24+/m0/s1. The number of carbonyl (C=O) groups is 1. The summed E-state index contributed by atoms with van der Waals surface area (Å²) in [7, 11) is 0. The van der Waals surface area contributed by atoms with E-state index in [4.69, 9.17) is 18.9 Å². The molecule has 2 aliphatic heterocycles. The van der Waals surface area contributed by atoms with Crippen LogP contribution in [0.25, 0.3) is 0 Å². The highest BCUT2D eigenvalue weighted by Gasteiger charge is 2.50. The molecule has 2 saturated heterocycles. The fraction of sp³-hybridized carbons (Fsp3) is 0.800.